The van der Waals surface area contributed by atoms with Crippen molar-refractivity contribution in [2.45, 2.75) is 38.1 Å². The van der Waals surface area contributed by atoms with Gasteiger partial charge in [-0.1, -0.05) is 6.42 Å². The first-order valence-electron chi connectivity index (χ1n) is 5.76. The summed E-state index contributed by atoms with van der Waals surface area (Å²) in [4.78, 5) is 13.8. The second kappa shape index (κ2) is 4.30. The zero-order valence-corrected chi connectivity index (χ0v) is 8.96. The minimum absolute atomic E-state index is 0.111. The highest BCUT2D eigenvalue weighted by molar-refractivity contribution is 5.81. The zero-order valence-electron chi connectivity index (χ0n) is 8.96. The summed E-state index contributed by atoms with van der Waals surface area (Å²) in [6.45, 7) is 1.98. The van der Waals surface area contributed by atoms with Crippen LogP contribution in [-0.4, -0.2) is 37.0 Å². The van der Waals surface area contributed by atoms with Crippen LogP contribution in [0.3, 0.4) is 0 Å². The number of nitrogens with zero attached hydrogens (tertiary/aromatic N) is 1. The number of nitrogens with one attached hydrogen (secondary N) is 1. The summed E-state index contributed by atoms with van der Waals surface area (Å²) in [7, 11) is 1.95. The predicted molar refractivity (Wildman–Crippen MR) is 56.0 cm³/mol. The van der Waals surface area contributed by atoms with E-state index in [0.29, 0.717) is 5.91 Å². The van der Waals surface area contributed by atoms with Crippen LogP contribution in [0.25, 0.3) is 0 Å². The molecule has 0 unspecified atom stereocenters. The van der Waals surface area contributed by atoms with E-state index in [4.69, 9.17) is 0 Å². The molecule has 80 valence electrons. The molecule has 1 saturated carbocycles. The van der Waals surface area contributed by atoms with Crippen LogP contribution >= 0.6 is 0 Å². The molecular weight excluding hydrogens is 176 g/mol. The summed E-state index contributed by atoms with van der Waals surface area (Å²) >= 11 is 0. The quantitative estimate of drug-likeness (QED) is 0.730. The lowest BCUT2D eigenvalue weighted by molar-refractivity contribution is -0.132. The normalized spacial score (nSPS) is 27.4. The van der Waals surface area contributed by atoms with Crippen molar-refractivity contribution >= 4 is 5.91 Å². The Labute approximate surface area is 85.8 Å². The Kier molecular flexibility index (Phi) is 3.06. The molecule has 2 rings (SSSR count). The molecule has 14 heavy (non-hydrogen) atoms. The lowest BCUT2D eigenvalue weighted by Gasteiger charge is -2.31. The van der Waals surface area contributed by atoms with Gasteiger partial charge in [0, 0.05) is 13.6 Å². The van der Waals surface area contributed by atoms with Gasteiger partial charge in [0.25, 0.3) is 0 Å². The molecule has 3 nitrogen and oxygen atoms in total. The van der Waals surface area contributed by atoms with Gasteiger partial charge >= 0.3 is 0 Å². The molecule has 1 saturated heterocycles. The first-order valence-corrected chi connectivity index (χ1v) is 5.76. The lowest BCUT2D eigenvalue weighted by atomic mass is 9.85. The van der Waals surface area contributed by atoms with Crippen molar-refractivity contribution in [2.75, 3.05) is 20.1 Å². The van der Waals surface area contributed by atoms with Crippen molar-refractivity contribution in [2.24, 2.45) is 5.92 Å². The SMILES string of the molecule is CN(CC1CCC1)C(=O)[C@@H]1CCCN1. The molecule has 0 aromatic rings. The minimum atomic E-state index is 0.111. The van der Waals surface area contributed by atoms with E-state index < -0.39 is 0 Å². The largest absolute Gasteiger partial charge is 0.344 e. The van der Waals surface area contributed by atoms with Crippen molar-refractivity contribution in [3.8, 4) is 0 Å². The zero-order chi connectivity index (χ0) is 9.97. The van der Waals surface area contributed by atoms with E-state index in [0.717, 1.165) is 31.8 Å². The molecule has 1 aliphatic heterocycles. The number of carbonyl (C=O) groups is 1. The van der Waals surface area contributed by atoms with Crippen LogP contribution in [0, 0.1) is 5.92 Å². The Morgan fingerprint density at radius 3 is 2.64 bits per heavy atom. The Balaban J connectivity index is 1.77. The molecule has 1 N–H and O–H groups in total. The van der Waals surface area contributed by atoms with E-state index in [-0.39, 0.29) is 6.04 Å². The van der Waals surface area contributed by atoms with Gasteiger partial charge in [-0.05, 0) is 38.1 Å². The Bertz CT molecular complexity index is 207. The van der Waals surface area contributed by atoms with Crippen molar-refractivity contribution in [1.82, 2.24) is 10.2 Å². The fraction of sp³-hybridized carbons (Fsp3) is 0.909. The molecule has 0 bridgehead atoms. The standard InChI is InChI=1S/C11H20N2O/c1-13(8-9-4-2-5-9)11(14)10-6-3-7-12-10/h9-10,12H,2-8H2,1H3/t10-/m0/s1. The number of rotatable bonds is 3. The van der Waals surface area contributed by atoms with Crippen LogP contribution in [0.5, 0.6) is 0 Å². The van der Waals surface area contributed by atoms with E-state index in [1.165, 1.54) is 19.3 Å². The van der Waals surface area contributed by atoms with Crippen molar-refractivity contribution in [1.29, 1.82) is 0 Å². The van der Waals surface area contributed by atoms with Crippen LogP contribution in [0.2, 0.25) is 0 Å². The summed E-state index contributed by atoms with van der Waals surface area (Å²) in [5, 5.41) is 3.26. The monoisotopic (exact) mass is 196 g/mol. The van der Waals surface area contributed by atoms with Crippen LogP contribution in [0.1, 0.15) is 32.1 Å². The van der Waals surface area contributed by atoms with Crippen molar-refractivity contribution in [3.63, 3.8) is 0 Å². The molecule has 1 heterocycles. The van der Waals surface area contributed by atoms with E-state index in [9.17, 15) is 4.79 Å². The average molecular weight is 196 g/mol. The van der Waals surface area contributed by atoms with E-state index in [1.54, 1.807) is 0 Å². The highest BCUT2D eigenvalue weighted by Gasteiger charge is 2.27. The molecule has 0 spiro atoms. The minimum Gasteiger partial charge on any atom is -0.344 e. The molecule has 0 aromatic carbocycles. The first kappa shape index (κ1) is 9.97. The second-order valence-electron chi connectivity index (χ2n) is 4.66. The smallest absolute Gasteiger partial charge is 0.239 e. The Morgan fingerprint density at radius 2 is 2.14 bits per heavy atom. The summed E-state index contributed by atoms with van der Waals surface area (Å²) in [6, 6.07) is 0.111. The molecule has 1 amide bonds. The fourth-order valence-corrected chi connectivity index (χ4v) is 2.31. The van der Waals surface area contributed by atoms with Gasteiger partial charge in [0.05, 0.1) is 6.04 Å². The van der Waals surface area contributed by atoms with Gasteiger partial charge in [-0.25, -0.2) is 0 Å². The Hall–Kier alpha value is -0.570. The third kappa shape index (κ3) is 2.08. The van der Waals surface area contributed by atoms with Gasteiger partial charge in [0.15, 0.2) is 0 Å². The van der Waals surface area contributed by atoms with Crippen molar-refractivity contribution in [3.05, 3.63) is 0 Å². The molecular formula is C11H20N2O. The number of hydrogen-bond donors (Lipinski definition) is 1. The van der Waals surface area contributed by atoms with Gasteiger partial charge in [-0.15, -0.1) is 0 Å². The summed E-state index contributed by atoms with van der Waals surface area (Å²) in [6.07, 6.45) is 6.15. The van der Waals surface area contributed by atoms with Gasteiger partial charge in [0.2, 0.25) is 5.91 Å². The third-order valence-electron chi connectivity index (χ3n) is 3.49. The number of hydrogen-bond acceptors (Lipinski definition) is 2. The van der Waals surface area contributed by atoms with Gasteiger partial charge < -0.3 is 10.2 Å². The third-order valence-corrected chi connectivity index (χ3v) is 3.49. The molecule has 1 atom stereocenters. The second-order valence-corrected chi connectivity index (χ2v) is 4.66. The summed E-state index contributed by atoms with van der Waals surface area (Å²) in [5.74, 6) is 1.08. The molecule has 2 aliphatic rings. The highest BCUT2D eigenvalue weighted by atomic mass is 16.2. The van der Waals surface area contributed by atoms with Crippen molar-refractivity contribution < 1.29 is 4.79 Å². The maximum Gasteiger partial charge on any atom is 0.239 e. The lowest BCUT2D eigenvalue weighted by Crippen LogP contribution is -2.44. The van der Waals surface area contributed by atoms with Gasteiger partial charge in [-0.3, -0.25) is 4.79 Å². The Morgan fingerprint density at radius 1 is 1.36 bits per heavy atom. The number of amides is 1. The van der Waals surface area contributed by atoms with E-state index in [1.807, 2.05) is 11.9 Å². The first-order chi connectivity index (χ1) is 6.77. The van der Waals surface area contributed by atoms with E-state index >= 15 is 0 Å². The van der Waals surface area contributed by atoms with Crippen LogP contribution in [-0.2, 0) is 4.79 Å². The van der Waals surface area contributed by atoms with Gasteiger partial charge in [0.1, 0.15) is 0 Å². The summed E-state index contributed by atoms with van der Waals surface area (Å²) in [5.41, 5.74) is 0. The van der Waals surface area contributed by atoms with Gasteiger partial charge in [-0.2, -0.15) is 0 Å². The number of likely N-dealkylation sites (N-methyl/N-ethyl adjacent to an activating group) is 1. The molecule has 1 aliphatic carbocycles. The highest BCUT2D eigenvalue weighted by Crippen LogP contribution is 2.27. The van der Waals surface area contributed by atoms with Crippen LogP contribution < -0.4 is 5.32 Å². The average Bonchev–Trinajstić information content (AvgIpc) is 2.62. The molecule has 2 fully saturated rings. The maximum atomic E-state index is 11.9. The van der Waals surface area contributed by atoms with Crippen LogP contribution in [0.4, 0.5) is 0 Å². The molecule has 0 aromatic heterocycles. The fourth-order valence-electron chi connectivity index (χ4n) is 2.31. The number of carbonyl (C=O) groups excluding carboxylic acids is 1. The maximum absolute atomic E-state index is 11.9. The summed E-state index contributed by atoms with van der Waals surface area (Å²) < 4.78 is 0. The van der Waals surface area contributed by atoms with Crippen LogP contribution in [0.15, 0.2) is 0 Å². The topological polar surface area (TPSA) is 32.3 Å². The predicted octanol–water partition coefficient (Wildman–Crippen LogP) is 0.997. The van der Waals surface area contributed by atoms with E-state index in [2.05, 4.69) is 5.32 Å². The molecule has 0 radical (unpaired) electrons. The molecule has 3 heteroatoms.